The zero-order valence-electron chi connectivity index (χ0n) is 10.5. The second kappa shape index (κ2) is 5.46. The van der Waals surface area contributed by atoms with Gasteiger partial charge in [-0.25, -0.2) is 10.9 Å². The summed E-state index contributed by atoms with van der Waals surface area (Å²) in [6, 6.07) is 15.5. The van der Waals surface area contributed by atoms with E-state index in [1.165, 1.54) is 0 Å². The molecule has 4 nitrogen and oxygen atoms in total. The number of hydrogen-bond donors (Lipinski definition) is 1. The number of hydrogen-bond acceptors (Lipinski definition) is 3. The van der Waals surface area contributed by atoms with Gasteiger partial charge < -0.3 is 0 Å². The predicted molar refractivity (Wildman–Crippen MR) is 72.3 cm³/mol. The van der Waals surface area contributed by atoms with Gasteiger partial charge in [-0.15, -0.1) is 0 Å². The molecule has 0 fully saturated rings. The number of amides is 2. The molecule has 0 saturated heterocycles. The van der Waals surface area contributed by atoms with Gasteiger partial charge >= 0.3 is 0 Å². The Morgan fingerprint density at radius 3 is 2.11 bits per heavy atom. The zero-order chi connectivity index (χ0) is 13.8. The lowest BCUT2D eigenvalue weighted by Crippen LogP contribution is -2.42. The van der Waals surface area contributed by atoms with E-state index < -0.39 is 11.8 Å². The van der Waals surface area contributed by atoms with Gasteiger partial charge in [0.1, 0.15) is 0 Å². The molecule has 0 aliphatic heterocycles. The summed E-state index contributed by atoms with van der Waals surface area (Å²) in [5.41, 5.74) is 1.59. The SMILES string of the molecule is Cc1ccccc1C(=O)N(N)C(=O)c1ccccc1. The van der Waals surface area contributed by atoms with Gasteiger partial charge in [-0.2, -0.15) is 0 Å². The number of rotatable bonds is 2. The first-order valence-corrected chi connectivity index (χ1v) is 5.85. The summed E-state index contributed by atoms with van der Waals surface area (Å²) in [5.74, 6) is 4.60. The molecule has 0 atom stereocenters. The van der Waals surface area contributed by atoms with Crippen LogP contribution in [0.5, 0.6) is 0 Å². The molecule has 2 rings (SSSR count). The third kappa shape index (κ3) is 2.69. The van der Waals surface area contributed by atoms with Crippen molar-refractivity contribution in [3.63, 3.8) is 0 Å². The Morgan fingerprint density at radius 2 is 1.47 bits per heavy atom. The minimum Gasteiger partial charge on any atom is -0.267 e. The van der Waals surface area contributed by atoms with Crippen molar-refractivity contribution in [2.75, 3.05) is 0 Å². The number of imide groups is 1. The Kier molecular flexibility index (Phi) is 3.73. The highest BCUT2D eigenvalue weighted by Gasteiger charge is 2.21. The molecular formula is C15H14N2O2. The Balaban J connectivity index is 2.26. The van der Waals surface area contributed by atoms with Crippen LogP contribution in [-0.2, 0) is 0 Å². The fourth-order valence-electron chi connectivity index (χ4n) is 1.75. The van der Waals surface area contributed by atoms with Crippen molar-refractivity contribution in [1.29, 1.82) is 0 Å². The van der Waals surface area contributed by atoms with Gasteiger partial charge in [0.25, 0.3) is 11.8 Å². The highest BCUT2D eigenvalue weighted by atomic mass is 16.2. The summed E-state index contributed by atoms with van der Waals surface area (Å²) in [4.78, 5) is 24.2. The first-order valence-electron chi connectivity index (χ1n) is 5.85. The number of aryl methyl sites for hydroxylation is 1. The van der Waals surface area contributed by atoms with Crippen LogP contribution < -0.4 is 5.84 Å². The van der Waals surface area contributed by atoms with Crippen LogP contribution in [0.3, 0.4) is 0 Å². The molecule has 4 heteroatoms. The normalized spacial score (nSPS) is 10.0. The molecule has 0 aromatic heterocycles. The molecule has 0 heterocycles. The standard InChI is InChI=1S/C15H14N2O2/c1-11-7-5-6-10-13(11)15(19)17(16)14(18)12-8-3-2-4-9-12/h2-10H,16H2,1H3. The molecular weight excluding hydrogens is 240 g/mol. The zero-order valence-corrected chi connectivity index (χ0v) is 10.5. The van der Waals surface area contributed by atoms with E-state index in [1.807, 2.05) is 6.07 Å². The van der Waals surface area contributed by atoms with Crippen LogP contribution in [0.15, 0.2) is 54.6 Å². The monoisotopic (exact) mass is 254 g/mol. The Labute approximate surface area is 111 Å². The second-order valence-corrected chi connectivity index (χ2v) is 4.16. The average molecular weight is 254 g/mol. The topological polar surface area (TPSA) is 63.4 Å². The lowest BCUT2D eigenvalue weighted by atomic mass is 10.1. The first-order chi connectivity index (χ1) is 9.11. The number of hydrazine groups is 1. The molecule has 0 aliphatic rings. The Morgan fingerprint density at radius 1 is 0.895 bits per heavy atom. The van der Waals surface area contributed by atoms with Crippen molar-refractivity contribution >= 4 is 11.8 Å². The summed E-state index contributed by atoms with van der Waals surface area (Å²) in [6.07, 6.45) is 0. The lowest BCUT2D eigenvalue weighted by molar-refractivity contribution is 0.0615. The van der Waals surface area contributed by atoms with Crippen LogP contribution in [0.25, 0.3) is 0 Å². The molecule has 96 valence electrons. The van der Waals surface area contributed by atoms with E-state index in [1.54, 1.807) is 55.5 Å². The molecule has 2 N–H and O–H groups in total. The number of carbonyl (C=O) groups is 2. The van der Waals surface area contributed by atoms with Gasteiger partial charge in [0, 0.05) is 11.1 Å². The summed E-state index contributed by atoms with van der Waals surface area (Å²) in [5, 5.41) is 0.650. The molecule has 0 radical (unpaired) electrons. The van der Waals surface area contributed by atoms with Gasteiger partial charge in [-0.05, 0) is 30.7 Å². The van der Waals surface area contributed by atoms with Crippen LogP contribution in [-0.4, -0.2) is 16.8 Å². The number of carbonyl (C=O) groups excluding carboxylic acids is 2. The van der Waals surface area contributed by atoms with E-state index in [4.69, 9.17) is 5.84 Å². The molecule has 19 heavy (non-hydrogen) atoms. The van der Waals surface area contributed by atoms with E-state index in [9.17, 15) is 9.59 Å². The summed E-state index contributed by atoms with van der Waals surface area (Å²) < 4.78 is 0. The third-order valence-corrected chi connectivity index (χ3v) is 2.83. The van der Waals surface area contributed by atoms with Crippen molar-refractivity contribution in [2.24, 2.45) is 5.84 Å². The van der Waals surface area contributed by atoms with Crippen LogP contribution in [0, 0.1) is 6.92 Å². The van der Waals surface area contributed by atoms with Crippen molar-refractivity contribution in [2.45, 2.75) is 6.92 Å². The van der Waals surface area contributed by atoms with Crippen LogP contribution in [0.4, 0.5) is 0 Å². The molecule has 2 aromatic rings. The van der Waals surface area contributed by atoms with Gasteiger partial charge in [-0.3, -0.25) is 9.59 Å². The van der Waals surface area contributed by atoms with Gasteiger partial charge in [0.2, 0.25) is 0 Å². The molecule has 0 aliphatic carbocycles. The number of benzene rings is 2. The van der Waals surface area contributed by atoms with Gasteiger partial charge in [-0.1, -0.05) is 36.4 Å². The maximum absolute atomic E-state index is 12.2. The maximum atomic E-state index is 12.2. The van der Waals surface area contributed by atoms with E-state index in [0.29, 0.717) is 16.1 Å². The van der Waals surface area contributed by atoms with E-state index in [2.05, 4.69) is 0 Å². The van der Waals surface area contributed by atoms with E-state index in [0.717, 1.165) is 5.56 Å². The maximum Gasteiger partial charge on any atom is 0.275 e. The van der Waals surface area contributed by atoms with Gasteiger partial charge in [0.15, 0.2) is 0 Å². The van der Waals surface area contributed by atoms with Gasteiger partial charge in [0.05, 0.1) is 0 Å². The number of nitrogens with zero attached hydrogens (tertiary/aromatic N) is 1. The minimum atomic E-state index is -0.520. The highest BCUT2D eigenvalue weighted by molar-refractivity contribution is 6.10. The molecule has 0 saturated carbocycles. The van der Waals surface area contributed by atoms with E-state index >= 15 is 0 Å². The van der Waals surface area contributed by atoms with E-state index in [-0.39, 0.29) is 0 Å². The molecule has 0 spiro atoms. The largest absolute Gasteiger partial charge is 0.275 e. The molecule has 2 amide bonds. The lowest BCUT2D eigenvalue weighted by Gasteiger charge is -2.15. The molecule has 0 bridgehead atoms. The number of nitrogens with two attached hydrogens (primary N) is 1. The van der Waals surface area contributed by atoms with Crippen molar-refractivity contribution < 1.29 is 9.59 Å². The Hall–Kier alpha value is -2.46. The van der Waals surface area contributed by atoms with Crippen LogP contribution in [0.2, 0.25) is 0 Å². The van der Waals surface area contributed by atoms with Crippen molar-refractivity contribution in [3.8, 4) is 0 Å². The third-order valence-electron chi connectivity index (χ3n) is 2.83. The van der Waals surface area contributed by atoms with Crippen molar-refractivity contribution in [1.82, 2.24) is 5.01 Å². The Bertz CT molecular complexity index is 609. The predicted octanol–water partition coefficient (Wildman–Crippen LogP) is 2.15. The quantitative estimate of drug-likeness (QED) is 0.386. The highest BCUT2D eigenvalue weighted by Crippen LogP contribution is 2.11. The average Bonchev–Trinajstić information content (AvgIpc) is 2.46. The smallest absolute Gasteiger partial charge is 0.267 e. The summed E-state index contributed by atoms with van der Waals surface area (Å²) >= 11 is 0. The van der Waals surface area contributed by atoms with Crippen molar-refractivity contribution in [3.05, 3.63) is 71.3 Å². The van der Waals surface area contributed by atoms with Crippen LogP contribution >= 0.6 is 0 Å². The molecule has 2 aromatic carbocycles. The second-order valence-electron chi connectivity index (χ2n) is 4.16. The summed E-state index contributed by atoms with van der Waals surface area (Å²) in [7, 11) is 0. The van der Waals surface area contributed by atoms with Crippen LogP contribution in [0.1, 0.15) is 26.3 Å². The summed E-state index contributed by atoms with van der Waals surface area (Å²) in [6.45, 7) is 1.80. The first kappa shape index (κ1) is 13.0. The molecule has 0 unspecified atom stereocenters. The minimum absolute atomic E-state index is 0.381. The fourth-order valence-corrected chi connectivity index (χ4v) is 1.75. The fraction of sp³-hybridized carbons (Fsp3) is 0.0667.